The summed E-state index contributed by atoms with van der Waals surface area (Å²) >= 11 is 5.74. The number of aliphatic hydroxyl groups excluding tert-OH is 1. The second-order valence-electron chi connectivity index (χ2n) is 12.4. The Bertz CT molecular complexity index is 1580. The molecule has 1 saturated heterocycles. The number of ether oxygens (including phenoxy) is 3. The number of hydrogen-bond acceptors (Lipinski definition) is 9. The van der Waals surface area contributed by atoms with Crippen molar-refractivity contribution in [3.8, 4) is 11.5 Å². The van der Waals surface area contributed by atoms with E-state index in [1.165, 1.54) is 10.4 Å². The lowest BCUT2D eigenvalue weighted by Gasteiger charge is -2.37. The van der Waals surface area contributed by atoms with Gasteiger partial charge in [-0.05, 0) is 61.7 Å². The van der Waals surface area contributed by atoms with Gasteiger partial charge in [0.15, 0.2) is 11.5 Å². The van der Waals surface area contributed by atoms with Gasteiger partial charge in [-0.3, -0.25) is 0 Å². The number of carbonyl (C=O) groups is 1. The first-order chi connectivity index (χ1) is 20.9. The summed E-state index contributed by atoms with van der Waals surface area (Å²) in [6.45, 7) is 10.3. The Hall–Kier alpha value is -3.39. The normalized spacial score (nSPS) is 19.7. The monoisotopic (exact) mass is 642 g/mol. The fourth-order valence-corrected chi connectivity index (χ4v) is 7.60. The van der Waals surface area contributed by atoms with Gasteiger partial charge in [0.1, 0.15) is 29.9 Å². The quantitative estimate of drug-likeness (QED) is 0.386. The minimum Gasteiger partial charge on any atom is -0.486 e. The molecule has 0 bridgehead atoms. The van der Waals surface area contributed by atoms with Gasteiger partial charge in [0.05, 0.1) is 4.90 Å². The van der Waals surface area contributed by atoms with Crippen molar-refractivity contribution in [1.82, 2.24) is 14.1 Å². The summed E-state index contributed by atoms with van der Waals surface area (Å²) in [5.74, 6) is 0.987. The lowest BCUT2D eigenvalue weighted by atomic mass is 10.1. The van der Waals surface area contributed by atoms with Gasteiger partial charge < -0.3 is 34.0 Å². The molecule has 0 aliphatic carbocycles. The topological polar surface area (TPSA) is 112 Å². The average Bonchev–Trinajstić information content (AvgIpc) is 3.60. The van der Waals surface area contributed by atoms with Crippen molar-refractivity contribution in [3.63, 3.8) is 0 Å². The van der Waals surface area contributed by atoms with Crippen molar-refractivity contribution in [2.24, 2.45) is 0 Å². The molecule has 11 nitrogen and oxygen atoms in total. The van der Waals surface area contributed by atoms with Crippen LogP contribution in [0.2, 0.25) is 0 Å². The molecule has 236 valence electrons. The number of hydrogen-bond donors (Lipinski definition) is 1. The first kappa shape index (κ1) is 30.6. The Morgan fingerprint density at radius 1 is 0.909 bits per heavy atom. The van der Waals surface area contributed by atoms with E-state index in [2.05, 4.69) is 4.90 Å². The van der Waals surface area contributed by atoms with Gasteiger partial charge in [0, 0.05) is 64.1 Å². The SMILES string of the molecule is CC(C)(C)OC(=O)N1CCN(c2cccc(C(O)C(=S)N3CC4=C(C3)CN(S(=O)(=O)c3ccc5c(c3)OCCO5)C4)c2)CC1. The molecule has 0 spiro atoms. The molecule has 1 fully saturated rings. The molecule has 2 aromatic rings. The van der Waals surface area contributed by atoms with Gasteiger partial charge >= 0.3 is 6.09 Å². The van der Waals surface area contributed by atoms with Crippen LogP contribution >= 0.6 is 12.2 Å². The summed E-state index contributed by atoms with van der Waals surface area (Å²) in [7, 11) is -3.72. The summed E-state index contributed by atoms with van der Waals surface area (Å²) in [5.41, 5.74) is 3.13. The van der Waals surface area contributed by atoms with E-state index in [9.17, 15) is 18.3 Å². The fourth-order valence-electron chi connectivity index (χ4n) is 5.89. The minimum atomic E-state index is -3.72. The minimum absolute atomic E-state index is 0.178. The Morgan fingerprint density at radius 3 is 2.23 bits per heavy atom. The summed E-state index contributed by atoms with van der Waals surface area (Å²) in [5, 5.41) is 11.3. The highest BCUT2D eigenvalue weighted by Gasteiger charge is 2.38. The van der Waals surface area contributed by atoms with Crippen LogP contribution in [0.1, 0.15) is 32.4 Å². The molecular formula is C31H38N4O7S2. The highest BCUT2D eigenvalue weighted by molar-refractivity contribution is 7.89. The van der Waals surface area contributed by atoms with Crippen molar-refractivity contribution in [1.29, 1.82) is 0 Å². The van der Waals surface area contributed by atoms with Gasteiger partial charge in [-0.15, -0.1) is 0 Å². The number of amides is 1. The van der Waals surface area contributed by atoms with E-state index in [1.807, 2.05) is 49.9 Å². The number of piperazine rings is 1. The number of sulfonamides is 1. The molecule has 0 radical (unpaired) electrons. The third-order valence-electron chi connectivity index (χ3n) is 8.18. The standard InChI is InChI=1S/C31H38N4O7S2/c1-31(2,3)42-30(37)33-11-9-32(10-12-33)24-6-4-5-21(15-24)28(36)29(43)34-17-22-19-35(20-23(22)18-34)44(38,39)25-7-8-26-27(16-25)41-14-13-40-26/h4-8,15-16,28,36H,9-14,17-20H2,1-3H3. The molecule has 4 heterocycles. The van der Waals surface area contributed by atoms with E-state index in [-0.39, 0.29) is 24.1 Å². The molecule has 1 N–H and O–H groups in total. The molecule has 44 heavy (non-hydrogen) atoms. The summed E-state index contributed by atoms with van der Waals surface area (Å²) < 4.78 is 44.9. The van der Waals surface area contributed by atoms with Crippen molar-refractivity contribution in [2.75, 3.05) is 70.5 Å². The lowest BCUT2D eigenvalue weighted by molar-refractivity contribution is 0.0240. The van der Waals surface area contributed by atoms with Crippen molar-refractivity contribution in [2.45, 2.75) is 37.4 Å². The summed E-state index contributed by atoms with van der Waals surface area (Å²) in [6.07, 6.45) is -1.28. The molecule has 1 unspecified atom stereocenters. The van der Waals surface area contributed by atoms with E-state index >= 15 is 0 Å². The van der Waals surface area contributed by atoms with Crippen molar-refractivity contribution < 1.29 is 32.5 Å². The maximum Gasteiger partial charge on any atom is 0.410 e. The molecule has 0 aromatic heterocycles. The molecule has 1 atom stereocenters. The number of fused-ring (bicyclic) bond motifs is 1. The van der Waals surface area contributed by atoms with Crippen LogP contribution in [0.5, 0.6) is 11.5 Å². The Kier molecular flexibility index (Phi) is 8.24. The second-order valence-corrected chi connectivity index (χ2v) is 14.8. The van der Waals surface area contributed by atoms with E-state index in [0.29, 0.717) is 74.5 Å². The van der Waals surface area contributed by atoms with E-state index in [1.54, 1.807) is 17.0 Å². The number of benzene rings is 2. The third kappa shape index (κ3) is 6.23. The molecule has 6 rings (SSSR count). The third-order valence-corrected chi connectivity index (χ3v) is 10.4. The van der Waals surface area contributed by atoms with E-state index in [4.69, 9.17) is 26.4 Å². The first-order valence-electron chi connectivity index (χ1n) is 14.8. The zero-order valence-corrected chi connectivity index (χ0v) is 26.8. The number of thiocarbonyl (C=S) groups is 1. The highest BCUT2D eigenvalue weighted by atomic mass is 32.2. The van der Waals surface area contributed by atoms with Crippen LogP contribution in [0.25, 0.3) is 0 Å². The van der Waals surface area contributed by atoms with Crippen molar-refractivity contribution in [3.05, 3.63) is 59.2 Å². The second kappa shape index (κ2) is 11.8. The van der Waals surface area contributed by atoms with Crippen LogP contribution < -0.4 is 14.4 Å². The molecule has 2 aromatic carbocycles. The maximum absolute atomic E-state index is 13.4. The average molecular weight is 643 g/mol. The van der Waals surface area contributed by atoms with Gasteiger partial charge in [-0.1, -0.05) is 24.4 Å². The number of anilines is 1. The number of nitrogens with zero attached hydrogens (tertiary/aromatic N) is 4. The molecule has 13 heteroatoms. The summed E-state index contributed by atoms with van der Waals surface area (Å²) in [6, 6.07) is 12.4. The lowest BCUT2D eigenvalue weighted by Crippen LogP contribution is -2.50. The molecule has 4 aliphatic heterocycles. The Balaban J connectivity index is 1.04. The predicted molar refractivity (Wildman–Crippen MR) is 169 cm³/mol. The first-order valence-corrected chi connectivity index (χ1v) is 16.6. The highest BCUT2D eigenvalue weighted by Crippen LogP contribution is 2.36. The van der Waals surface area contributed by atoms with Crippen LogP contribution in [0, 0.1) is 0 Å². The van der Waals surface area contributed by atoms with Gasteiger partial charge in [-0.2, -0.15) is 4.31 Å². The maximum atomic E-state index is 13.4. The molecule has 0 saturated carbocycles. The van der Waals surface area contributed by atoms with Gasteiger partial charge in [0.2, 0.25) is 10.0 Å². The number of aliphatic hydroxyl groups is 1. The van der Waals surface area contributed by atoms with Crippen molar-refractivity contribution >= 4 is 39.0 Å². The van der Waals surface area contributed by atoms with Crippen LogP contribution in [0.15, 0.2) is 58.5 Å². The molecular weight excluding hydrogens is 604 g/mol. The predicted octanol–water partition coefficient (Wildman–Crippen LogP) is 3.19. The molecule has 4 aliphatic rings. The largest absolute Gasteiger partial charge is 0.486 e. The van der Waals surface area contributed by atoms with Gasteiger partial charge in [0.25, 0.3) is 0 Å². The van der Waals surface area contributed by atoms with Crippen LogP contribution in [0.3, 0.4) is 0 Å². The van der Waals surface area contributed by atoms with E-state index in [0.717, 1.165) is 16.8 Å². The number of carbonyl (C=O) groups excluding carboxylic acids is 1. The van der Waals surface area contributed by atoms with E-state index < -0.39 is 21.7 Å². The Morgan fingerprint density at radius 2 is 1.57 bits per heavy atom. The van der Waals surface area contributed by atoms with Gasteiger partial charge in [-0.25, -0.2) is 13.2 Å². The van der Waals surface area contributed by atoms with Crippen LogP contribution in [0.4, 0.5) is 10.5 Å². The van der Waals surface area contributed by atoms with Crippen LogP contribution in [-0.4, -0.2) is 110 Å². The fraction of sp³-hybridized carbons (Fsp3) is 0.484. The number of rotatable bonds is 5. The smallest absolute Gasteiger partial charge is 0.410 e. The Labute approximate surface area is 263 Å². The molecule has 1 amide bonds. The zero-order chi connectivity index (χ0) is 31.2. The summed E-state index contributed by atoms with van der Waals surface area (Å²) in [4.78, 5) is 18.9. The van der Waals surface area contributed by atoms with Crippen LogP contribution in [-0.2, 0) is 14.8 Å². The zero-order valence-electron chi connectivity index (χ0n) is 25.2.